The van der Waals surface area contributed by atoms with E-state index in [0.29, 0.717) is 42.7 Å². The van der Waals surface area contributed by atoms with Crippen LogP contribution in [-0.4, -0.2) is 42.5 Å². The Hall–Kier alpha value is -3.01. The molecule has 1 amide bonds. The molecule has 6 heteroatoms. The van der Waals surface area contributed by atoms with Crippen molar-refractivity contribution < 1.29 is 14.4 Å². The van der Waals surface area contributed by atoms with Gasteiger partial charge in [0, 0.05) is 18.8 Å². The van der Waals surface area contributed by atoms with Crippen molar-refractivity contribution in [1.29, 1.82) is 5.26 Å². The summed E-state index contributed by atoms with van der Waals surface area (Å²) in [6, 6.07) is 15.3. The zero-order valence-corrected chi connectivity index (χ0v) is 17.5. The first kappa shape index (κ1) is 20.3. The van der Waals surface area contributed by atoms with Crippen LogP contribution in [0.25, 0.3) is 0 Å². The van der Waals surface area contributed by atoms with Crippen LogP contribution in [0, 0.1) is 25.2 Å². The van der Waals surface area contributed by atoms with Gasteiger partial charge in [0.2, 0.25) is 5.91 Å². The molecule has 0 aliphatic carbocycles. The van der Waals surface area contributed by atoms with Gasteiger partial charge in [0.05, 0.1) is 18.7 Å². The Morgan fingerprint density at radius 3 is 2.37 bits per heavy atom. The summed E-state index contributed by atoms with van der Waals surface area (Å²) < 4.78 is 0. The highest BCUT2D eigenvalue weighted by Crippen LogP contribution is 2.46. The number of ketones is 1. The van der Waals surface area contributed by atoms with Gasteiger partial charge in [0.25, 0.3) is 0 Å². The minimum Gasteiger partial charge on any atom is -0.302 e. The van der Waals surface area contributed by atoms with Gasteiger partial charge in [0.1, 0.15) is 11.5 Å². The quantitative estimate of drug-likeness (QED) is 0.736. The molecule has 1 spiro atoms. The second-order valence-electron chi connectivity index (χ2n) is 8.10. The van der Waals surface area contributed by atoms with Crippen molar-refractivity contribution in [3.05, 3.63) is 64.7 Å². The van der Waals surface area contributed by atoms with E-state index in [1.807, 2.05) is 55.3 Å². The van der Waals surface area contributed by atoms with E-state index in [1.165, 1.54) is 0 Å². The Morgan fingerprint density at radius 1 is 1.10 bits per heavy atom. The monoisotopic (exact) mass is 403 g/mol. The Labute approximate surface area is 176 Å². The van der Waals surface area contributed by atoms with Crippen LogP contribution >= 0.6 is 0 Å². The first-order valence-corrected chi connectivity index (χ1v) is 10.2. The number of hydrogen-bond acceptors (Lipinski definition) is 5. The summed E-state index contributed by atoms with van der Waals surface area (Å²) in [5.41, 5.74) is 2.48. The zero-order chi connectivity index (χ0) is 21.5. The van der Waals surface area contributed by atoms with Crippen molar-refractivity contribution in [1.82, 2.24) is 5.06 Å². The lowest BCUT2D eigenvalue weighted by molar-refractivity contribution is -0.155. The highest BCUT2D eigenvalue weighted by Gasteiger charge is 2.60. The molecule has 0 aromatic heterocycles. The zero-order valence-electron chi connectivity index (χ0n) is 17.5. The van der Waals surface area contributed by atoms with Gasteiger partial charge in [-0.05, 0) is 61.6 Å². The molecule has 2 aliphatic heterocycles. The fourth-order valence-corrected chi connectivity index (χ4v) is 5.00. The topological polar surface area (TPSA) is 73.6 Å². The summed E-state index contributed by atoms with van der Waals surface area (Å²) in [5.74, 6) is -1.33. The summed E-state index contributed by atoms with van der Waals surface area (Å²) >= 11 is 0. The van der Waals surface area contributed by atoms with E-state index in [9.17, 15) is 14.9 Å². The summed E-state index contributed by atoms with van der Waals surface area (Å²) in [4.78, 5) is 34.8. The lowest BCUT2D eigenvalue weighted by Gasteiger charge is -2.42. The van der Waals surface area contributed by atoms with Crippen molar-refractivity contribution in [2.75, 3.05) is 25.1 Å². The number of piperidine rings is 1. The molecule has 2 heterocycles. The van der Waals surface area contributed by atoms with Crippen LogP contribution < -0.4 is 4.90 Å². The molecule has 6 nitrogen and oxygen atoms in total. The van der Waals surface area contributed by atoms with Crippen LogP contribution in [0.5, 0.6) is 0 Å². The van der Waals surface area contributed by atoms with Gasteiger partial charge >= 0.3 is 0 Å². The maximum absolute atomic E-state index is 13.9. The molecule has 2 aromatic rings. The van der Waals surface area contributed by atoms with Crippen molar-refractivity contribution in [2.45, 2.75) is 38.1 Å². The first-order chi connectivity index (χ1) is 14.4. The van der Waals surface area contributed by atoms with Crippen LogP contribution in [-0.2, 0) is 14.4 Å². The van der Waals surface area contributed by atoms with Crippen LogP contribution in [0.2, 0.25) is 0 Å². The van der Waals surface area contributed by atoms with Gasteiger partial charge in [-0.2, -0.15) is 10.3 Å². The fourth-order valence-electron chi connectivity index (χ4n) is 5.00. The van der Waals surface area contributed by atoms with Crippen LogP contribution in [0.1, 0.15) is 41.0 Å². The minimum atomic E-state index is -0.963. The predicted octanol–water partition coefficient (Wildman–Crippen LogP) is 3.27. The van der Waals surface area contributed by atoms with Crippen molar-refractivity contribution in [3.8, 4) is 6.07 Å². The van der Waals surface area contributed by atoms with Gasteiger partial charge in [-0.25, -0.2) is 0 Å². The number of anilines is 1. The number of hydrogen-bond donors (Lipinski definition) is 0. The molecule has 1 atom stereocenters. The molecule has 4 rings (SSSR count). The number of carbonyl (C=O) groups is 2. The van der Waals surface area contributed by atoms with Crippen LogP contribution in [0.3, 0.4) is 0 Å². The van der Waals surface area contributed by atoms with Gasteiger partial charge in [-0.15, -0.1) is 0 Å². The molecule has 154 valence electrons. The SMILES string of the molecule is CON1CCC2(CC1)C(=O)C(c1c(C)cc(C)cc1C#N)C(=O)N2c1ccccc1. The van der Waals surface area contributed by atoms with E-state index >= 15 is 0 Å². The number of nitriles is 1. The Balaban J connectivity index is 1.87. The van der Waals surface area contributed by atoms with E-state index in [0.717, 1.165) is 11.1 Å². The van der Waals surface area contributed by atoms with E-state index < -0.39 is 11.5 Å². The number of amides is 1. The maximum atomic E-state index is 13.9. The smallest absolute Gasteiger partial charge is 0.243 e. The minimum absolute atomic E-state index is 0.115. The van der Waals surface area contributed by atoms with Crippen molar-refractivity contribution >= 4 is 17.4 Å². The van der Waals surface area contributed by atoms with E-state index in [-0.39, 0.29) is 11.7 Å². The molecule has 1 unspecified atom stereocenters. The van der Waals surface area contributed by atoms with Gasteiger partial charge in [-0.3, -0.25) is 14.5 Å². The van der Waals surface area contributed by atoms with Crippen LogP contribution in [0.4, 0.5) is 5.69 Å². The lowest BCUT2D eigenvalue weighted by atomic mass is 9.78. The Morgan fingerprint density at radius 2 is 1.77 bits per heavy atom. The summed E-state index contributed by atoms with van der Waals surface area (Å²) in [6.07, 6.45) is 0.979. The predicted molar refractivity (Wildman–Crippen MR) is 113 cm³/mol. The molecule has 0 N–H and O–H groups in total. The van der Waals surface area contributed by atoms with Gasteiger partial charge < -0.3 is 4.84 Å². The second kappa shape index (κ2) is 7.67. The van der Waals surface area contributed by atoms with E-state index in [2.05, 4.69) is 6.07 Å². The molecule has 0 radical (unpaired) electrons. The largest absolute Gasteiger partial charge is 0.302 e. The molecule has 2 fully saturated rings. The molecule has 2 aliphatic rings. The standard InChI is InChI=1S/C24H25N3O3/c1-16-13-17(2)20(18(14-16)15-25)21-22(28)24(9-11-26(30-3)12-10-24)27(23(21)29)19-7-5-4-6-8-19/h4-8,13-14,21H,9-12H2,1-3H3. The summed E-state index contributed by atoms with van der Waals surface area (Å²) in [6.45, 7) is 4.90. The molecule has 2 saturated heterocycles. The molecular formula is C24H25N3O3. The number of rotatable bonds is 3. The molecular weight excluding hydrogens is 378 g/mol. The normalized spacial score (nSPS) is 21.3. The molecule has 2 aromatic carbocycles. The number of aryl methyl sites for hydroxylation is 2. The second-order valence-corrected chi connectivity index (χ2v) is 8.10. The van der Waals surface area contributed by atoms with Crippen molar-refractivity contribution in [2.24, 2.45) is 0 Å². The first-order valence-electron chi connectivity index (χ1n) is 10.2. The number of hydroxylamine groups is 2. The molecule has 30 heavy (non-hydrogen) atoms. The average molecular weight is 403 g/mol. The Bertz CT molecular complexity index is 1030. The lowest BCUT2D eigenvalue weighted by Crippen LogP contribution is -2.56. The number of benzene rings is 2. The summed E-state index contributed by atoms with van der Waals surface area (Å²) in [7, 11) is 1.62. The highest BCUT2D eigenvalue weighted by molar-refractivity contribution is 6.25. The van der Waals surface area contributed by atoms with Crippen molar-refractivity contribution in [3.63, 3.8) is 0 Å². The van der Waals surface area contributed by atoms with Gasteiger partial charge in [-0.1, -0.05) is 24.3 Å². The summed E-state index contributed by atoms with van der Waals surface area (Å²) in [5, 5.41) is 11.6. The third kappa shape index (κ3) is 3.02. The third-order valence-corrected chi connectivity index (χ3v) is 6.38. The Kier molecular flexibility index (Phi) is 5.19. The molecule has 0 bridgehead atoms. The highest BCUT2D eigenvalue weighted by atomic mass is 16.7. The number of para-hydroxylation sites is 1. The third-order valence-electron chi connectivity index (χ3n) is 6.38. The number of carbonyl (C=O) groups excluding carboxylic acids is 2. The van der Waals surface area contributed by atoms with E-state index in [1.54, 1.807) is 18.1 Å². The number of Topliss-reactive ketones (excluding diaryl/α,β-unsaturated/α-hetero) is 1. The van der Waals surface area contributed by atoms with Gasteiger partial charge in [0.15, 0.2) is 5.78 Å². The number of nitrogens with zero attached hydrogens (tertiary/aromatic N) is 3. The van der Waals surface area contributed by atoms with E-state index in [4.69, 9.17) is 4.84 Å². The average Bonchev–Trinajstić information content (AvgIpc) is 2.95. The van der Waals surface area contributed by atoms with Crippen LogP contribution in [0.15, 0.2) is 42.5 Å². The molecule has 0 saturated carbocycles. The fraction of sp³-hybridized carbons (Fsp3) is 0.375. The maximum Gasteiger partial charge on any atom is 0.243 e.